The van der Waals surface area contributed by atoms with E-state index in [2.05, 4.69) is 32.8 Å². The van der Waals surface area contributed by atoms with Crippen LogP contribution < -0.4 is 0 Å². The number of Topliss-reactive ketones (excluding diaryl/α,β-unsaturated/α-hetero) is 1. The molecule has 1 saturated carbocycles. The zero-order chi connectivity index (χ0) is 12.4. The van der Waals surface area contributed by atoms with E-state index in [0.29, 0.717) is 24.4 Å². The molecule has 0 spiro atoms. The summed E-state index contributed by atoms with van der Waals surface area (Å²) in [7, 11) is 0. The molecule has 1 heterocycles. The first-order chi connectivity index (χ1) is 8.81. The fraction of sp³-hybridized carbons (Fsp3) is 0.385. The van der Waals surface area contributed by atoms with Crippen LogP contribution in [0.1, 0.15) is 37.1 Å². The molecule has 92 valence electrons. The van der Waals surface area contributed by atoms with E-state index in [1.165, 1.54) is 5.56 Å². The number of aromatic nitrogens is 4. The average Bonchev–Trinajstić information content (AvgIpc) is 2.95. The Hall–Kier alpha value is -2.04. The van der Waals surface area contributed by atoms with Crippen LogP contribution in [-0.4, -0.2) is 26.4 Å². The van der Waals surface area contributed by atoms with Crippen LogP contribution in [0.5, 0.6) is 0 Å². The number of ketones is 1. The molecule has 1 aromatic heterocycles. The van der Waals surface area contributed by atoms with Crippen molar-refractivity contribution in [1.82, 2.24) is 20.6 Å². The molecule has 1 N–H and O–H groups in total. The number of hydrogen-bond donors (Lipinski definition) is 1. The van der Waals surface area contributed by atoms with Gasteiger partial charge >= 0.3 is 0 Å². The van der Waals surface area contributed by atoms with E-state index in [9.17, 15) is 4.79 Å². The Bertz CT molecular complexity index is 525. The minimum absolute atomic E-state index is 0.262. The van der Waals surface area contributed by atoms with Gasteiger partial charge in [0.1, 0.15) is 5.78 Å². The first-order valence-electron chi connectivity index (χ1n) is 6.12. The predicted octanol–water partition coefficient (Wildman–Crippen LogP) is 1.63. The summed E-state index contributed by atoms with van der Waals surface area (Å²) in [6.07, 6.45) is 2.69. The first kappa shape index (κ1) is 11.1. The monoisotopic (exact) mass is 242 g/mol. The van der Waals surface area contributed by atoms with E-state index in [1.54, 1.807) is 0 Å². The van der Waals surface area contributed by atoms with Gasteiger partial charge in [-0.25, -0.2) is 0 Å². The summed E-state index contributed by atoms with van der Waals surface area (Å²) in [4.78, 5) is 11.5. The van der Waals surface area contributed by atoms with Crippen LogP contribution in [0.3, 0.4) is 0 Å². The molecule has 0 amide bonds. The molecule has 0 unspecified atom stereocenters. The van der Waals surface area contributed by atoms with Crippen molar-refractivity contribution >= 4 is 5.78 Å². The van der Waals surface area contributed by atoms with Gasteiger partial charge in [0.2, 0.25) is 0 Å². The van der Waals surface area contributed by atoms with Gasteiger partial charge in [0, 0.05) is 12.8 Å². The van der Waals surface area contributed by atoms with Crippen LogP contribution in [0.25, 0.3) is 0 Å². The van der Waals surface area contributed by atoms with Crippen molar-refractivity contribution in [1.29, 1.82) is 0 Å². The first-order valence-corrected chi connectivity index (χ1v) is 6.12. The Morgan fingerprint density at radius 1 is 1.11 bits per heavy atom. The molecule has 3 rings (SSSR count). The van der Waals surface area contributed by atoms with Gasteiger partial charge in [-0.15, -0.1) is 10.2 Å². The molecule has 0 aliphatic heterocycles. The maximum absolute atomic E-state index is 11.5. The molecule has 1 fully saturated rings. The van der Waals surface area contributed by atoms with Gasteiger partial charge in [-0.2, -0.15) is 5.21 Å². The molecule has 0 radical (unpaired) electrons. The molecule has 1 aromatic carbocycles. The van der Waals surface area contributed by atoms with Crippen LogP contribution in [0.15, 0.2) is 30.3 Å². The smallest absolute Gasteiger partial charge is 0.185 e. The van der Waals surface area contributed by atoms with Crippen molar-refractivity contribution in [3.8, 4) is 0 Å². The second-order valence-electron chi connectivity index (χ2n) is 4.72. The van der Waals surface area contributed by atoms with E-state index in [1.807, 2.05) is 18.2 Å². The number of benzene rings is 1. The molecule has 0 atom stereocenters. The van der Waals surface area contributed by atoms with Crippen LogP contribution in [0, 0.1) is 0 Å². The molecule has 1 aliphatic carbocycles. The van der Waals surface area contributed by atoms with Crippen LogP contribution in [0.4, 0.5) is 0 Å². The molecule has 0 saturated heterocycles. The van der Waals surface area contributed by atoms with E-state index < -0.39 is 0 Å². The lowest BCUT2D eigenvalue weighted by Gasteiger charge is -2.34. The Balaban J connectivity index is 2.07. The van der Waals surface area contributed by atoms with Gasteiger partial charge in [0.25, 0.3) is 0 Å². The minimum Gasteiger partial charge on any atom is -0.300 e. The summed E-state index contributed by atoms with van der Waals surface area (Å²) in [5, 5.41) is 14.5. The number of nitrogens with one attached hydrogen (secondary N) is 1. The second-order valence-corrected chi connectivity index (χ2v) is 4.72. The zero-order valence-electron chi connectivity index (χ0n) is 9.97. The van der Waals surface area contributed by atoms with Gasteiger partial charge in [0.15, 0.2) is 5.82 Å². The summed E-state index contributed by atoms with van der Waals surface area (Å²) in [5.74, 6) is 1.02. The Labute approximate surface area is 105 Å². The fourth-order valence-electron chi connectivity index (χ4n) is 2.72. The third kappa shape index (κ3) is 1.72. The van der Waals surface area contributed by atoms with Crippen molar-refractivity contribution in [2.24, 2.45) is 0 Å². The highest BCUT2D eigenvalue weighted by Gasteiger charge is 2.41. The third-order valence-electron chi connectivity index (χ3n) is 3.76. The van der Waals surface area contributed by atoms with Crippen molar-refractivity contribution in [2.45, 2.75) is 31.1 Å². The Morgan fingerprint density at radius 3 is 2.44 bits per heavy atom. The number of carbonyl (C=O) groups excluding carboxylic acids is 1. The van der Waals surface area contributed by atoms with Gasteiger partial charge in [-0.05, 0) is 18.4 Å². The van der Waals surface area contributed by atoms with Crippen molar-refractivity contribution in [3.63, 3.8) is 0 Å². The van der Waals surface area contributed by atoms with E-state index in [-0.39, 0.29) is 5.41 Å². The third-order valence-corrected chi connectivity index (χ3v) is 3.76. The molecular weight excluding hydrogens is 228 g/mol. The fourth-order valence-corrected chi connectivity index (χ4v) is 2.72. The minimum atomic E-state index is -0.262. The van der Waals surface area contributed by atoms with Gasteiger partial charge in [-0.3, -0.25) is 4.79 Å². The lowest BCUT2D eigenvalue weighted by molar-refractivity contribution is -0.121. The zero-order valence-corrected chi connectivity index (χ0v) is 9.97. The summed E-state index contributed by atoms with van der Waals surface area (Å²) < 4.78 is 0. The molecular formula is C13H14N4O. The highest BCUT2D eigenvalue weighted by atomic mass is 16.1. The standard InChI is InChI=1S/C13H14N4O/c18-11-6-8-13(9-7-11,12-14-16-17-15-12)10-4-2-1-3-5-10/h1-5H,6-9H2,(H,14,15,16,17). The summed E-state index contributed by atoms with van der Waals surface area (Å²) in [6, 6.07) is 10.2. The number of hydrogen-bond acceptors (Lipinski definition) is 4. The summed E-state index contributed by atoms with van der Waals surface area (Å²) in [6.45, 7) is 0. The number of H-pyrrole nitrogens is 1. The van der Waals surface area contributed by atoms with E-state index >= 15 is 0 Å². The number of nitrogens with zero attached hydrogens (tertiary/aromatic N) is 3. The van der Waals surface area contributed by atoms with Gasteiger partial charge in [0.05, 0.1) is 5.41 Å². The van der Waals surface area contributed by atoms with Gasteiger partial charge < -0.3 is 0 Å². The normalized spacial score (nSPS) is 18.8. The van der Waals surface area contributed by atoms with Crippen LogP contribution >= 0.6 is 0 Å². The maximum Gasteiger partial charge on any atom is 0.185 e. The molecule has 1 aliphatic rings. The molecule has 5 heteroatoms. The summed E-state index contributed by atoms with van der Waals surface area (Å²) >= 11 is 0. The SMILES string of the molecule is O=C1CCC(c2ccccc2)(c2nn[nH]n2)CC1. The lowest BCUT2D eigenvalue weighted by Crippen LogP contribution is -2.34. The molecule has 18 heavy (non-hydrogen) atoms. The largest absolute Gasteiger partial charge is 0.300 e. The van der Waals surface area contributed by atoms with Crippen molar-refractivity contribution in [3.05, 3.63) is 41.7 Å². The molecule has 5 nitrogen and oxygen atoms in total. The molecule has 2 aromatic rings. The lowest BCUT2D eigenvalue weighted by atomic mass is 9.68. The highest BCUT2D eigenvalue weighted by Crippen LogP contribution is 2.41. The Morgan fingerprint density at radius 2 is 1.83 bits per heavy atom. The highest BCUT2D eigenvalue weighted by molar-refractivity contribution is 5.80. The van der Waals surface area contributed by atoms with E-state index in [0.717, 1.165) is 12.8 Å². The maximum atomic E-state index is 11.5. The quantitative estimate of drug-likeness (QED) is 0.868. The van der Waals surface area contributed by atoms with Crippen molar-refractivity contribution in [2.75, 3.05) is 0 Å². The second kappa shape index (κ2) is 4.33. The number of tetrazole rings is 1. The topological polar surface area (TPSA) is 71.5 Å². The average molecular weight is 242 g/mol. The number of carbonyl (C=O) groups is 1. The number of rotatable bonds is 2. The Kier molecular flexibility index (Phi) is 2.66. The molecule has 0 bridgehead atoms. The van der Waals surface area contributed by atoms with E-state index in [4.69, 9.17) is 0 Å². The van der Waals surface area contributed by atoms with Crippen molar-refractivity contribution < 1.29 is 4.79 Å². The summed E-state index contributed by atoms with van der Waals surface area (Å²) in [5.41, 5.74) is 0.904. The predicted molar refractivity (Wildman–Crippen MR) is 64.9 cm³/mol. The van der Waals surface area contributed by atoms with Crippen LogP contribution in [-0.2, 0) is 10.2 Å². The van der Waals surface area contributed by atoms with Gasteiger partial charge in [-0.1, -0.05) is 35.5 Å². The number of aromatic amines is 1. The van der Waals surface area contributed by atoms with Crippen LogP contribution in [0.2, 0.25) is 0 Å².